The van der Waals surface area contributed by atoms with Crippen LogP contribution in [0.25, 0.3) is 22.0 Å². The molecular formula is C41H41ClF10N8O6S2. The highest BCUT2D eigenvalue weighted by atomic mass is 35.5. The molecule has 2 N–H and O–H groups in total. The van der Waals surface area contributed by atoms with Gasteiger partial charge in [-0.05, 0) is 69.4 Å². The van der Waals surface area contributed by atoms with E-state index >= 15 is 8.78 Å². The molecule has 0 aliphatic heterocycles. The lowest BCUT2D eigenvalue weighted by atomic mass is 9.93. The minimum atomic E-state index is -5.22. The predicted octanol–water partition coefficient (Wildman–Crippen LogP) is 8.05. The van der Waals surface area contributed by atoms with E-state index in [-0.39, 0.29) is 49.9 Å². The molecule has 5 aromatic rings. The second-order valence-electron chi connectivity index (χ2n) is 16.9. The third kappa shape index (κ3) is 10.5. The number of urea groups is 1. The van der Waals surface area contributed by atoms with E-state index in [0.717, 1.165) is 44.5 Å². The Morgan fingerprint density at radius 3 is 2.12 bits per heavy atom. The Morgan fingerprint density at radius 2 is 1.56 bits per heavy atom. The van der Waals surface area contributed by atoms with Gasteiger partial charge in [-0.15, -0.1) is 0 Å². The maximum Gasteiger partial charge on any atom is 0.435 e. The van der Waals surface area contributed by atoms with Crippen LogP contribution >= 0.6 is 11.6 Å². The van der Waals surface area contributed by atoms with Gasteiger partial charge in [0.15, 0.2) is 21.3 Å². The molecule has 6 rings (SSSR count). The van der Waals surface area contributed by atoms with Crippen molar-refractivity contribution in [3.8, 4) is 11.1 Å². The molecule has 27 heteroatoms. The SMILES string of the molecule is CNC(=O)N(c1nn(CC(F)(F)F)c2c(-c3ccc(CCC(C)(C)S(C)(=O)=O)nc3[C@H](Cc3cc(F)cc(F)c3)NC(=O)Cn3nc(C(F)(F)F)c4c3C(F)(F)[C@H](C)C4)ccc(Cl)c12)S(C)(=O)=O. The molecular weight excluding hydrogens is 990 g/mol. The van der Waals surface area contributed by atoms with E-state index in [4.69, 9.17) is 11.6 Å². The highest BCUT2D eigenvalue weighted by Gasteiger charge is 2.54. The number of rotatable bonds is 14. The van der Waals surface area contributed by atoms with Crippen LogP contribution in [0.15, 0.2) is 42.5 Å². The summed E-state index contributed by atoms with van der Waals surface area (Å²) < 4.78 is 196. The van der Waals surface area contributed by atoms with Crippen LogP contribution in [0.2, 0.25) is 5.02 Å². The first-order chi connectivity index (χ1) is 31.1. The molecule has 3 amide bonds. The van der Waals surface area contributed by atoms with Crippen molar-refractivity contribution < 1.29 is 70.3 Å². The summed E-state index contributed by atoms with van der Waals surface area (Å²) in [7, 11) is -7.37. The van der Waals surface area contributed by atoms with Gasteiger partial charge in [-0.3, -0.25) is 19.1 Å². The molecule has 370 valence electrons. The van der Waals surface area contributed by atoms with Crippen LogP contribution in [-0.2, 0) is 69.1 Å². The summed E-state index contributed by atoms with van der Waals surface area (Å²) in [5.74, 6) is -9.95. The first kappa shape index (κ1) is 51.9. The van der Waals surface area contributed by atoms with Crippen molar-refractivity contribution in [2.24, 2.45) is 5.92 Å². The second-order valence-corrected chi connectivity index (χ2v) is 21.8. The van der Waals surface area contributed by atoms with Crippen molar-refractivity contribution in [2.45, 2.75) is 88.6 Å². The molecule has 2 atom stereocenters. The first-order valence-electron chi connectivity index (χ1n) is 20.1. The summed E-state index contributed by atoms with van der Waals surface area (Å²) in [6.07, 6.45) is -10.4. The number of aryl methyl sites for hydroxylation is 1. The van der Waals surface area contributed by atoms with E-state index in [0.29, 0.717) is 17.0 Å². The lowest BCUT2D eigenvalue weighted by Crippen LogP contribution is -2.42. The number of hydrogen-bond acceptors (Lipinski definition) is 9. The number of halogens is 11. The zero-order valence-corrected chi connectivity index (χ0v) is 38.9. The zero-order valence-electron chi connectivity index (χ0n) is 36.5. The van der Waals surface area contributed by atoms with E-state index in [1.54, 1.807) is 0 Å². The van der Waals surface area contributed by atoms with Gasteiger partial charge in [-0.2, -0.15) is 49.6 Å². The van der Waals surface area contributed by atoms with E-state index < -0.39 is 143 Å². The maximum absolute atomic E-state index is 15.5. The van der Waals surface area contributed by atoms with Crippen molar-refractivity contribution in [1.82, 2.24) is 35.2 Å². The van der Waals surface area contributed by atoms with Gasteiger partial charge < -0.3 is 10.6 Å². The third-order valence-electron chi connectivity index (χ3n) is 11.4. The first-order valence-corrected chi connectivity index (χ1v) is 24.2. The highest BCUT2D eigenvalue weighted by Crippen LogP contribution is 2.50. The Morgan fingerprint density at radius 1 is 0.941 bits per heavy atom. The number of nitrogens with one attached hydrogen (secondary N) is 2. The number of sulfonamides is 1. The highest BCUT2D eigenvalue weighted by molar-refractivity contribution is 7.93. The number of nitrogens with zero attached hydrogens (tertiary/aromatic N) is 6. The van der Waals surface area contributed by atoms with Gasteiger partial charge in [0, 0.05) is 47.7 Å². The molecule has 0 spiro atoms. The maximum atomic E-state index is 15.5. The van der Waals surface area contributed by atoms with Gasteiger partial charge in [0.25, 0.3) is 5.92 Å². The summed E-state index contributed by atoms with van der Waals surface area (Å²) in [6.45, 7) is 0.623. The third-order valence-corrected chi connectivity index (χ3v) is 14.9. The molecule has 1 aliphatic carbocycles. The Kier molecular flexibility index (Phi) is 13.8. The number of anilines is 1. The van der Waals surface area contributed by atoms with Gasteiger partial charge in [0.05, 0.1) is 38.7 Å². The van der Waals surface area contributed by atoms with Crippen molar-refractivity contribution in [2.75, 3.05) is 23.9 Å². The van der Waals surface area contributed by atoms with Crippen LogP contribution in [0.1, 0.15) is 67.1 Å². The number of hydrogen-bond donors (Lipinski definition) is 2. The molecule has 3 heterocycles. The molecule has 68 heavy (non-hydrogen) atoms. The lowest BCUT2D eigenvalue weighted by Gasteiger charge is -2.25. The molecule has 0 unspecified atom stereocenters. The van der Waals surface area contributed by atoms with Crippen LogP contribution in [0.3, 0.4) is 0 Å². The predicted molar refractivity (Wildman–Crippen MR) is 228 cm³/mol. The molecule has 0 saturated heterocycles. The van der Waals surface area contributed by atoms with Crippen LogP contribution in [0, 0.1) is 17.6 Å². The van der Waals surface area contributed by atoms with Crippen LogP contribution < -0.4 is 14.9 Å². The Bertz CT molecular complexity index is 3030. The molecule has 0 radical (unpaired) electrons. The molecule has 3 aromatic heterocycles. The summed E-state index contributed by atoms with van der Waals surface area (Å²) in [4.78, 5) is 31.8. The Labute approximate surface area is 387 Å². The monoisotopic (exact) mass is 1030 g/mol. The van der Waals surface area contributed by atoms with Crippen molar-refractivity contribution in [3.05, 3.63) is 93.0 Å². The van der Waals surface area contributed by atoms with Crippen molar-refractivity contribution >= 4 is 60.1 Å². The van der Waals surface area contributed by atoms with Gasteiger partial charge in [0.2, 0.25) is 15.9 Å². The number of fused-ring (bicyclic) bond motifs is 2. The van der Waals surface area contributed by atoms with Gasteiger partial charge in [-0.25, -0.2) is 30.4 Å². The summed E-state index contributed by atoms with van der Waals surface area (Å²) in [5.41, 5.74) is -5.24. The standard InChI is InChI=1S/C41H41ClF10N8O6S2/c1-20-13-27-34(41(50,51)52)56-58(35(27)40(20,48)49)18-30(61)55-29(16-21-14-22(43)17-23(44)15-21)32-25(8-7-24(54-32)11-12-38(2,3)67(5,63)64)26-9-10-28(42)31-33(26)59(19-39(45,46)47)57-36(31)60(37(62)53-4)68(6,65)66/h7-10,14-15,17,20,29H,11-13,16,18-19H2,1-6H3,(H,53,62)(H,55,61)/t20-,29+/m1/s1. The lowest BCUT2D eigenvalue weighted by molar-refractivity contribution is -0.143. The smallest absolute Gasteiger partial charge is 0.346 e. The largest absolute Gasteiger partial charge is 0.435 e. The topological polar surface area (TPSA) is 178 Å². The fourth-order valence-corrected chi connectivity index (χ4v) is 9.35. The fourth-order valence-electron chi connectivity index (χ4n) is 7.81. The van der Waals surface area contributed by atoms with Crippen LogP contribution in [0.4, 0.5) is 54.5 Å². The summed E-state index contributed by atoms with van der Waals surface area (Å²) >= 11 is 6.57. The van der Waals surface area contributed by atoms with Crippen LogP contribution in [-0.4, -0.2) is 83.8 Å². The quantitative estimate of drug-likeness (QED) is 0.104. The molecule has 0 fully saturated rings. The average Bonchev–Trinajstić information content (AvgIpc) is 3.80. The molecule has 1 aliphatic rings. The van der Waals surface area contributed by atoms with E-state index in [2.05, 4.69) is 25.8 Å². The van der Waals surface area contributed by atoms with Crippen molar-refractivity contribution in [1.29, 1.82) is 0 Å². The summed E-state index contributed by atoms with van der Waals surface area (Å²) in [5, 5.41) is 10.8. The molecule has 2 aromatic carbocycles. The number of benzene rings is 2. The molecule has 0 saturated carbocycles. The van der Waals surface area contributed by atoms with E-state index in [1.807, 2.05) is 0 Å². The minimum Gasteiger partial charge on any atom is -0.346 e. The fraction of sp³-hybridized carbons (Fsp3) is 0.439. The molecule has 14 nitrogen and oxygen atoms in total. The summed E-state index contributed by atoms with van der Waals surface area (Å²) in [6, 6.07) is 3.94. The molecule has 0 bridgehead atoms. The number of aromatic nitrogens is 5. The number of carbonyl (C=O) groups excluding carboxylic acids is 2. The average molecular weight is 1030 g/mol. The van der Waals surface area contributed by atoms with Gasteiger partial charge in [0.1, 0.15) is 30.4 Å². The number of pyridine rings is 1. The Hall–Kier alpha value is -5.50. The normalized spacial score (nSPS) is 15.9. The Balaban J connectivity index is 1.63. The second kappa shape index (κ2) is 18.1. The van der Waals surface area contributed by atoms with Crippen LogP contribution in [0.5, 0.6) is 0 Å². The van der Waals surface area contributed by atoms with E-state index in [9.17, 15) is 61.5 Å². The number of amides is 3. The van der Waals surface area contributed by atoms with E-state index in [1.165, 1.54) is 26.0 Å². The number of carbonyl (C=O) groups is 2. The van der Waals surface area contributed by atoms with Gasteiger partial charge in [-0.1, -0.05) is 30.7 Å². The number of alkyl halides is 8. The number of sulfone groups is 1. The van der Waals surface area contributed by atoms with Crippen molar-refractivity contribution in [3.63, 3.8) is 0 Å². The van der Waals surface area contributed by atoms with Gasteiger partial charge >= 0.3 is 18.4 Å². The zero-order chi connectivity index (χ0) is 50.9. The minimum absolute atomic E-state index is 0.0612.